The van der Waals surface area contributed by atoms with Crippen molar-refractivity contribution in [3.63, 3.8) is 0 Å². The molecule has 2 aliphatic rings. The van der Waals surface area contributed by atoms with Crippen LogP contribution in [0, 0.1) is 5.92 Å². The number of hydrogen-bond acceptors (Lipinski definition) is 6. The Morgan fingerprint density at radius 1 is 1.26 bits per heavy atom. The number of anilines is 1. The van der Waals surface area contributed by atoms with E-state index in [2.05, 4.69) is 15.5 Å². The number of carbonyl (C=O) groups is 3. The van der Waals surface area contributed by atoms with Crippen molar-refractivity contribution in [1.82, 2.24) is 15.5 Å². The van der Waals surface area contributed by atoms with Gasteiger partial charge in [-0.1, -0.05) is 18.5 Å². The molecule has 0 aliphatic carbocycles. The van der Waals surface area contributed by atoms with Crippen molar-refractivity contribution in [2.75, 3.05) is 38.8 Å². The SMILES string of the molecule is COc1cc(N2CCN(C(=O)[C@@H](C)C[C@@]3(C)NC(=O)NC3=O)C[C@@H]2C)cc(OC)c1Cl. The summed E-state index contributed by atoms with van der Waals surface area (Å²) in [4.78, 5) is 40.6. The molecule has 0 saturated carbocycles. The number of methoxy groups -OCH3 is 2. The number of piperazine rings is 1. The third-order valence-electron chi connectivity index (χ3n) is 5.95. The average Bonchev–Trinajstić information content (AvgIpc) is 2.98. The van der Waals surface area contributed by atoms with E-state index < -0.39 is 23.4 Å². The molecule has 1 aromatic carbocycles. The van der Waals surface area contributed by atoms with Gasteiger partial charge in [0.2, 0.25) is 5.91 Å². The molecular weight excluding hydrogens is 424 g/mol. The Kier molecular flexibility index (Phi) is 6.54. The van der Waals surface area contributed by atoms with Crippen LogP contribution < -0.4 is 25.0 Å². The minimum absolute atomic E-state index is 0.0343. The van der Waals surface area contributed by atoms with E-state index in [1.54, 1.807) is 28.1 Å². The molecule has 0 radical (unpaired) electrons. The highest BCUT2D eigenvalue weighted by Gasteiger charge is 2.44. The molecule has 9 nitrogen and oxygen atoms in total. The van der Waals surface area contributed by atoms with Gasteiger partial charge < -0.3 is 24.6 Å². The van der Waals surface area contributed by atoms with Crippen LogP contribution >= 0.6 is 11.6 Å². The normalized spacial score (nSPS) is 24.5. The van der Waals surface area contributed by atoms with Crippen molar-refractivity contribution in [3.8, 4) is 11.5 Å². The molecule has 2 N–H and O–H groups in total. The zero-order valence-corrected chi connectivity index (χ0v) is 19.2. The van der Waals surface area contributed by atoms with Crippen LogP contribution in [0.15, 0.2) is 12.1 Å². The van der Waals surface area contributed by atoms with Gasteiger partial charge in [-0.2, -0.15) is 0 Å². The Bertz CT molecular complexity index is 870. The number of halogens is 1. The van der Waals surface area contributed by atoms with Crippen LogP contribution in [0.2, 0.25) is 5.02 Å². The maximum Gasteiger partial charge on any atom is 0.322 e. The largest absolute Gasteiger partial charge is 0.495 e. The van der Waals surface area contributed by atoms with E-state index in [1.807, 2.05) is 24.0 Å². The van der Waals surface area contributed by atoms with Gasteiger partial charge in [-0.15, -0.1) is 0 Å². The van der Waals surface area contributed by atoms with E-state index in [9.17, 15) is 14.4 Å². The second-order valence-corrected chi connectivity index (χ2v) is 8.71. The van der Waals surface area contributed by atoms with Crippen molar-refractivity contribution in [2.24, 2.45) is 5.92 Å². The summed E-state index contributed by atoms with van der Waals surface area (Å²) in [6.07, 6.45) is 0.240. The second kappa shape index (κ2) is 8.82. The molecular formula is C21H29ClN4O5. The highest BCUT2D eigenvalue weighted by Crippen LogP contribution is 2.39. The lowest BCUT2D eigenvalue weighted by Gasteiger charge is -2.42. The molecule has 31 heavy (non-hydrogen) atoms. The fourth-order valence-corrected chi connectivity index (χ4v) is 4.56. The molecule has 2 saturated heterocycles. The smallest absolute Gasteiger partial charge is 0.322 e. The van der Waals surface area contributed by atoms with Gasteiger partial charge in [-0.3, -0.25) is 14.9 Å². The molecule has 0 bridgehead atoms. The van der Waals surface area contributed by atoms with Crippen LogP contribution in [-0.2, 0) is 9.59 Å². The van der Waals surface area contributed by atoms with E-state index in [4.69, 9.17) is 21.1 Å². The number of carbonyl (C=O) groups excluding carboxylic acids is 3. The fourth-order valence-electron chi connectivity index (χ4n) is 4.30. The van der Waals surface area contributed by atoms with Crippen molar-refractivity contribution >= 4 is 35.1 Å². The van der Waals surface area contributed by atoms with Gasteiger partial charge in [-0.25, -0.2) is 4.79 Å². The van der Waals surface area contributed by atoms with E-state index in [0.717, 1.165) is 5.69 Å². The Labute approximate surface area is 187 Å². The minimum atomic E-state index is -1.07. The van der Waals surface area contributed by atoms with Crippen molar-refractivity contribution in [3.05, 3.63) is 17.2 Å². The summed E-state index contributed by atoms with van der Waals surface area (Å²) in [6, 6.07) is 3.25. The van der Waals surface area contributed by atoms with Crippen LogP contribution in [-0.4, -0.2) is 68.2 Å². The topological polar surface area (TPSA) is 100 Å². The van der Waals surface area contributed by atoms with Gasteiger partial charge in [0.25, 0.3) is 5.91 Å². The third-order valence-corrected chi connectivity index (χ3v) is 6.33. The van der Waals surface area contributed by atoms with Gasteiger partial charge in [0.05, 0.1) is 14.2 Å². The zero-order valence-electron chi connectivity index (χ0n) is 18.5. The Morgan fingerprint density at radius 3 is 2.35 bits per heavy atom. The number of imide groups is 1. The van der Waals surface area contributed by atoms with Crippen LogP contribution in [0.3, 0.4) is 0 Å². The first-order valence-corrected chi connectivity index (χ1v) is 10.6. The number of nitrogens with zero attached hydrogens (tertiary/aromatic N) is 2. The minimum Gasteiger partial charge on any atom is -0.495 e. The second-order valence-electron chi connectivity index (χ2n) is 8.34. The number of amides is 4. The lowest BCUT2D eigenvalue weighted by Crippen LogP contribution is -2.55. The molecule has 3 rings (SSSR count). The number of ether oxygens (including phenoxy) is 2. The van der Waals surface area contributed by atoms with Crippen LogP contribution in [0.1, 0.15) is 27.2 Å². The van der Waals surface area contributed by atoms with E-state index in [-0.39, 0.29) is 18.4 Å². The summed E-state index contributed by atoms with van der Waals surface area (Å²) < 4.78 is 10.7. The van der Waals surface area contributed by atoms with Gasteiger partial charge in [-0.05, 0) is 20.3 Å². The fraction of sp³-hybridized carbons (Fsp3) is 0.571. The summed E-state index contributed by atoms with van der Waals surface area (Å²) in [5.41, 5.74) is -0.167. The number of nitrogens with one attached hydrogen (secondary N) is 2. The van der Waals surface area contributed by atoms with Crippen LogP contribution in [0.25, 0.3) is 0 Å². The molecule has 2 heterocycles. The van der Waals surface area contributed by atoms with Gasteiger partial charge >= 0.3 is 6.03 Å². The zero-order chi connectivity index (χ0) is 22.9. The van der Waals surface area contributed by atoms with E-state index >= 15 is 0 Å². The number of benzene rings is 1. The number of hydrogen-bond donors (Lipinski definition) is 2. The van der Waals surface area contributed by atoms with E-state index in [0.29, 0.717) is 36.2 Å². The summed E-state index contributed by atoms with van der Waals surface area (Å²) in [7, 11) is 3.11. The summed E-state index contributed by atoms with van der Waals surface area (Å²) >= 11 is 6.28. The molecule has 2 aliphatic heterocycles. The van der Waals surface area contributed by atoms with Gasteiger partial charge in [0.1, 0.15) is 22.1 Å². The van der Waals surface area contributed by atoms with Crippen molar-refractivity contribution in [2.45, 2.75) is 38.8 Å². The lowest BCUT2D eigenvalue weighted by molar-refractivity contribution is -0.137. The van der Waals surface area contributed by atoms with E-state index in [1.165, 1.54) is 0 Å². The highest BCUT2D eigenvalue weighted by molar-refractivity contribution is 6.33. The Balaban J connectivity index is 1.68. The number of urea groups is 1. The molecule has 0 aromatic heterocycles. The quantitative estimate of drug-likeness (QED) is 0.640. The van der Waals surface area contributed by atoms with Crippen LogP contribution in [0.4, 0.5) is 10.5 Å². The maximum atomic E-state index is 13.1. The van der Waals surface area contributed by atoms with Gasteiger partial charge in [0, 0.05) is 49.4 Å². The molecule has 0 unspecified atom stereocenters. The Morgan fingerprint density at radius 2 is 1.87 bits per heavy atom. The first-order valence-electron chi connectivity index (χ1n) is 10.2. The first-order chi connectivity index (χ1) is 14.6. The third kappa shape index (κ3) is 4.51. The molecule has 1 aromatic rings. The van der Waals surface area contributed by atoms with Crippen molar-refractivity contribution in [1.29, 1.82) is 0 Å². The van der Waals surface area contributed by atoms with Crippen molar-refractivity contribution < 1.29 is 23.9 Å². The monoisotopic (exact) mass is 452 g/mol. The van der Waals surface area contributed by atoms with Crippen LogP contribution in [0.5, 0.6) is 11.5 Å². The maximum absolute atomic E-state index is 13.1. The standard InChI is InChI=1S/C21H29ClN4O5/c1-12(10-21(3)19(28)23-20(29)24-21)18(27)25-6-7-26(13(2)11-25)14-8-15(30-4)17(22)16(9-14)31-5/h8-9,12-13H,6-7,10-11H2,1-5H3,(H2,23,24,28,29)/t12-,13-,21+/m0/s1. The predicted molar refractivity (Wildman–Crippen MR) is 117 cm³/mol. The highest BCUT2D eigenvalue weighted by atomic mass is 35.5. The molecule has 170 valence electrons. The Hall–Kier alpha value is -2.68. The van der Waals surface area contributed by atoms with Gasteiger partial charge in [0.15, 0.2) is 0 Å². The lowest BCUT2D eigenvalue weighted by atomic mass is 9.89. The molecule has 3 atom stereocenters. The molecule has 10 heteroatoms. The summed E-state index contributed by atoms with van der Waals surface area (Å²) in [6.45, 7) is 7.17. The first kappa shape index (κ1) is 23.0. The molecule has 2 fully saturated rings. The average molecular weight is 453 g/mol. The summed E-state index contributed by atoms with van der Waals surface area (Å²) in [5.74, 6) is 0.207. The summed E-state index contributed by atoms with van der Waals surface area (Å²) in [5, 5.41) is 5.27. The molecule has 0 spiro atoms. The predicted octanol–water partition coefficient (Wildman–Crippen LogP) is 2.02. The number of rotatable bonds is 6. The molecule has 4 amide bonds.